The van der Waals surface area contributed by atoms with Gasteiger partial charge < -0.3 is 33.7 Å². The molecule has 1 N–H and O–H groups in total. The van der Waals surface area contributed by atoms with E-state index in [0.29, 0.717) is 34.8 Å². The van der Waals surface area contributed by atoms with E-state index in [1.807, 2.05) is 19.1 Å². The van der Waals surface area contributed by atoms with Crippen LogP contribution in [0.15, 0.2) is 41.6 Å². The SMILES string of the molecule is COC(=O)C1=C2Nc3cc(OC)ccc3[C@]23CCN2CCC[C@]([C@@H](C)OC(=O)c4cc(OC)c5c(c4)OCO5)(C1)[C@@H]23. The molecule has 0 aromatic heterocycles. The Kier molecular flexibility index (Phi) is 5.90. The fourth-order valence-corrected chi connectivity index (χ4v) is 8.22. The third kappa shape index (κ3) is 3.52. The van der Waals surface area contributed by atoms with Crippen molar-refractivity contribution in [3.63, 3.8) is 0 Å². The molecule has 2 aromatic carbocycles. The number of carbonyl (C=O) groups excluding carboxylic acids is 2. The summed E-state index contributed by atoms with van der Waals surface area (Å²) < 4.78 is 33.7. The van der Waals surface area contributed by atoms with E-state index in [2.05, 4.69) is 16.3 Å². The number of anilines is 1. The van der Waals surface area contributed by atoms with Crippen molar-refractivity contribution in [3.05, 3.63) is 52.7 Å². The molecule has 2 fully saturated rings. The Morgan fingerprint density at radius 3 is 2.68 bits per heavy atom. The highest BCUT2D eigenvalue weighted by molar-refractivity contribution is 5.94. The molecule has 7 rings (SSSR count). The third-order valence-corrected chi connectivity index (χ3v) is 9.90. The first kappa shape index (κ1) is 26.0. The molecule has 0 bridgehead atoms. The molecule has 0 amide bonds. The van der Waals surface area contributed by atoms with Gasteiger partial charge in [0.25, 0.3) is 0 Å². The van der Waals surface area contributed by atoms with Crippen molar-refractivity contribution in [2.24, 2.45) is 5.41 Å². The second kappa shape index (κ2) is 9.30. The van der Waals surface area contributed by atoms with Crippen LogP contribution in [0.4, 0.5) is 5.69 Å². The van der Waals surface area contributed by atoms with Gasteiger partial charge in [-0.2, -0.15) is 0 Å². The zero-order chi connectivity index (χ0) is 28.5. The highest BCUT2D eigenvalue weighted by atomic mass is 16.7. The number of hydrogen-bond acceptors (Lipinski definition) is 10. The summed E-state index contributed by atoms with van der Waals surface area (Å²) in [6.07, 6.45) is 2.54. The first-order chi connectivity index (χ1) is 19.9. The van der Waals surface area contributed by atoms with Crippen molar-refractivity contribution in [2.45, 2.75) is 50.2 Å². The van der Waals surface area contributed by atoms with Gasteiger partial charge in [-0.05, 0) is 69.5 Å². The number of nitrogens with zero attached hydrogens (tertiary/aromatic N) is 1. The maximum atomic E-state index is 13.7. The fraction of sp³-hybridized carbons (Fsp3) is 0.484. The molecule has 0 unspecified atom stereocenters. The molecule has 41 heavy (non-hydrogen) atoms. The number of piperidine rings is 1. The molecule has 0 saturated carbocycles. The number of methoxy groups -OCH3 is 3. The van der Waals surface area contributed by atoms with Crippen LogP contribution in [0.2, 0.25) is 0 Å². The average Bonchev–Trinajstić information content (AvgIpc) is 3.72. The van der Waals surface area contributed by atoms with Crippen LogP contribution in [-0.4, -0.2) is 70.2 Å². The van der Waals surface area contributed by atoms with Gasteiger partial charge in [0.15, 0.2) is 11.5 Å². The number of esters is 2. The topological polar surface area (TPSA) is 105 Å². The predicted molar refractivity (Wildman–Crippen MR) is 148 cm³/mol. The number of nitrogens with one attached hydrogen (secondary N) is 1. The number of fused-ring (bicyclic) bond motifs is 2. The lowest BCUT2D eigenvalue weighted by atomic mass is 9.53. The van der Waals surface area contributed by atoms with E-state index in [0.717, 1.165) is 55.0 Å². The fourth-order valence-electron chi connectivity index (χ4n) is 8.22. The summed E-state index contributed by atoms with van der Waals surface area (Å²) in [4.78, 5) is 29.6. The minimum atomic E-state index is -0.513. The Bertz CT molecular complexity index is 1490. The summed E-state index contributed by atoms with van der Waals surface area (Å²) in [7, 11) is 4.59. The molecule has 4 aliphatic heterocycles. The van der Waals surface area contributed by atoms with Crippen molar-refractivity contribution in [1.29, 1.82) is 0 Å². The highest BCUT2D eigenvalue weighted by Gasteiger charge is 2.68. The number of rotatable bonds is 6. The van der Waals surface area contributed by atoms with Crippen LogP contribution in [0.1, 0.15) is 48.5 Å². The minimum Gasteiger partial charge on any atom is -0.497 e. The van der Waals surface area contributed by atoms with Gasteiger partial charge in [0.2, 0.25) is 12.5 Å². The molecular weight excluding hydrogens is 528 g/mol. The van der Waals surface area contributed by atoms with E-state index in [1.165, 1.54) is 14.2 Å². The molecule has 2 saturated heterocycles. The first-order valence-corrected chi connectivity index (χ1v) is 14.1. The van der Waals surface area contributed by atoms with Gasteiger partial charge in [-0.1, -0.05) is 6.07 Å². The summed E-state index contributed by atoms with van der Waals surface area (Å²) in [6, 6.07) is 9.37. The van der Waals surface area contributed by atoms with E-state index >= 15 is 0 Å². The monoisotopic (exact) mass is 562 g/mol. The molecule has 10 heteroatoms. The third-order valence-electron chi connectivity index (χ3n) is 9.90. The number of hydrogen-bond donors (Lipinski definition) is 1. The molecular formula is C31H34N2O8. The Hall–Kier alpha value is -3.92. The van der Waals surface area contributed by atoms with Gasteiger partial charge in [0.1, 0.15) is 11.9 Å². The Morgan fingerprint density at radius 2 is 1.90 bits per heavy atom. The maximum Gasteiger partial charge on any atom is 0.338 e. The Balaban J connectivity index is 1.32. The number of ether oxygens (including phenoxy) is 6. The molecule has 4 atom stereocenters. The second-order valence-corrected chi connectivity index (χ2v) is 11.5. The van der Waals surface area contributed by atoms with Gasteiger partial charge in [-0.3, -0.25) is 4.90 Å². The summed E-state index contributed by atoms with van der Waals surface area (Å²) in [5, 5.41) is 3.61. The maximum absolute atomic E-state index is 13.7. The largest absolute Gasteiger partial charge is 0.497 e. The molecule has 0 radical (unpaired) electrons. The molecule has 2 aromatic rings. The van der Waals surface area contributed by atoms with Crippen molar-refractivity contribution >= 4 is 17.6 Å². The van der Waals surface area contributed by atoms with E-state index < -0.39 is 22.9 Å². The van der Waals surface area contributed by atoms with Crippen molar-refractivity contribution in [1.82, 2.24) is 4.90 Å². The van der Waals surface area contributed by atoms with Crippen LogP contribution in [0.3, 0.4) is 0 Å². The summed E-state index contributed by atoms with van der Waals surface area (Å²) in [5.74, 6) is 1.26. The van der Waals surface area contributed by atoms with E-state index in [4.69, 9.17) is 28.4 Å². The minimum absolute atomic E-state index is 0.0309. The average molecular weight is 563 g/mol. The van der Waals surface area contributed by atoms with E-state index in [9.17, 15) is 9.59 Å². The Morgan fingerprint density at radius 1 is 1.05 bits per heavy atom. The van der Waals surface area contributed by atoms with Gasteiger partial charge in [0.05, 0.1) is 37.9 Å². The van der Waals surface area contributed by atoms with Gasteiger partial charge in [-0.25, -0.2) is 9.59 Å². The van der Waals surface area contributed by atoms with Crippen LogP contribution >= 0.6 is 0 Å². The van der Waals surface area contributed by atoms with Gasteiger partial charge >= 0.3 is 11.9 Å². The van der Waals surface area contributed by atoms with Crippen LogP contribution in [-0.2, 0) is 19.7 Å². The zero-order valence-electron chi connectivity index (χ0n) is 23.7. The van der Waals surface area contributed by atoms with E-state index in [-0.39, 0.29) is 18.8 Å². The summed E-state index contributed by atoms with van der Waals surface area (Å²) in [5.41, 5.74) is 2.98. The van der Waals surface area contributed by atoms with Crippen molar-refractivity contribution in [3.8, 4) is 23.0 Å². The molecule has 1 aliphatic carbocycles. The van der Waals surface area contributed by atoms with Gasteiger partial charge in [0, 0.05) is 28.9 Å². The molecule has 4 heterocycles. The second-order valence-electron chi connectivity index (χ2n) is 11.5. The predicted octanol–water partition coefficient (Wildman–Crippen LogP) is 4.03. The van der Waals surface area contributed by atoms with E-state index in [1.54, 1.807) is 19.2 Å². The summed E-state index contributed by atoms with van der Waals surface area (Å²) >= 11 is 0. The standard InChI is InChI=1S/C31H34N2O8/c1-17(41-27(34)18-12-23(37-3)25-24(13-18)39-16-40-25)30-8-5-10-33-11-9-31(29(30)33)21-7-6-19(36-2)14-22(21)32-26(31)20(15-30)28(35)38-4/h6-7,12-14,17,29,32H,5,8-11,15-16H2,1-4H3/t17-,29-,30-,31-/m1/s1. The lowest BCUT2D eigenvalue weighted by Crippen LogP contribution is -2.64. The molecule has 1 spiro atoms. The van der Waals surface area contributed by atoms with Crippen molar-refractivity contribution < 1.29 is 38.0 Å². The molecule has 5 aliphatic rings. The quantitative estimate of drug-likeness (QED) is 0.519. The first-order valence-electron chi connectivity index (χ1n) is 14.1. The summed E-state index contributed by atoms with van der Waals surface area (Å²) in [6.45, 7) is 3.88. The van der Waals surface area contributed by atoms with Crippen LogP contribution < -0.4 is 24.3 Å². The zero-order valence-corrected chi connectivity index (χ0v) is 23.7. The van der Waals surface area contributed by atoms with Crippen LogP contribution in [0, 0.1) is 5.41 Å². The number of benzene rings is 2. The molecule has 216 valence electrons. The number of carbonyl (C=O) groups is 2. The molecule has 10 nitrogen and oxygen atoms in total. The Labute approximate surface area is 238 Å². The van der Waals surface area contributed by atoms with Crippen LogP contribution in [0.5, 0.6) is 23.0 Å². The van der Waals surface area contributed by atoms with Gasteiger partial charge in [-0.15, -0.1) is 0 Å². The lowest BCUT2D eigenvalue weighted by molar-refractivity contribution is -0.138. The van der Waals surface area contributed by atoms with Crippen LogP contribution in [0.25, 0.3) is 0 Å². The normalized spacial score (nSPS) is 27.8. The lowest BCUT2D eigenvalue weighted by Gasteiger charge is -2.57. The smallest absolute Gasteiger partial charge is 0.338 e. The highest BCUT2D eigenvalue weighted by Crippen LogP contribution is 2.66. The van der Waals surface area contributed by atoms with Crippen molar-refractivity contribution in [2.75, 3.05) is 46.5 Å².